The number of aryl methyl sites for hydroxylation is 1. The van der Waals surface area contributed by atoms with Gasteiger partial charge in [0.25, 0.3) is 0 Å². The van der Waals surface area contributed by atoms with Crippen LogP contribution in [0.4, 0.5) is 0 Å². The molecule has 0 aromatic carbocycles. The Bertz CT molecular complexity index is 569. The summed E-state index contributed by atoms with van der Waals surface area (Å²) in [6.45, 7) is 7.76. The highest BCUT2D eigenvalue weighted by Crippen LogP contribution is 2.22. The molecule has 1 aliphatic rings. The molecule has 0 saturated carbocycles. The zero-order valence-electron chi connectivity index (χ0n) is 12.6. The van der Waals surface area contributed by atoms with Crippen LogP contribution in [0, 0.1) is 6.92 Å². The van der Waals surface area contributed by atoms with Crippen molar-refractivity contribution in [2.45, 2.75) is 32.5 Å². The molecule has 1 fully saturated rings. The molecule has 0 aliphatic carbocycles. The summed E-state index contributed by atoms with van der Waals surface area (Å²) in [5.41, 5.74) is 2.44. The third-order valence-electron chi connectivity index (χ3n) is 4.04. The molecule has 2 atom stereocenters. The first-order valence-electron chi connectivity index (χ1n) is 7.47. The van der Waals surface area contributed by atoms with E-state index in [-0.39, 0.29) is 6.10 Å². The van der Waals surface area contributed by atoms with Gasteiger partial charge in [0.2, 0.25) is 0 Å². The predicted octanol–water partition coefficient (Wildman–Crippen LogP) is 2.05. The fourth-order valence-corrected chi connectivity index (χ4v) is 2.81. The van der Waals surface area contributed by atoms with E-state index in [9.17, 15) is 0 Å². The predicted molar refractivity (Wildman–Crippen MR) is 80.9 cm³/mol. The summed E-state index contributed by atoms with van der Waals surface area (Å²) < 4.78 is 7.86. The number of nitrogens with zero attached hydrogens (tertiary/aromatic N) is 4. The normalized spacial score (nSPS) is 21.3. The van der Waals surface area contributed by atoms with Gasteiger partial charge in [0.15, 0.2) is 0 Å². The van der Waals surface area contributed by atoms with Gasteiger partial charge in [-0.05, 0) is 31.0 Å². The zero-order valence-corrected chi connectivity index (χ0v) is 12.6. The summed E-state index contributed by atoms with van der Waals surface area (Å²) in [4.78, 5) is 6.68. The van der Waals surface area contributed by atoms with E-state index < -0.39 is 0 Å². The molecule has 1 saturated heterocycles. The highest BCUT2D eigenvalue weighted by molar-refractivity contribution is 5.13. The van der Waals surface area contributed by atoms with Crippen LogP contribution in [-0.4, -0.2) is 45.5 Å². The van der Waals surface area contributed by atoms with Crippen LogP contribution in [0.15, 0.2) is 36.9 Å². The van der Waals surface area contributed by atoms with Gasteiger partial charge in [-0.3, -0.25) is 14.6 Å². The van der Waals surface area contributed by atoms with E-state index >= 15 is 0 Å². The van der Waals surface area contributed by atoms with Gasteiger partial charge in [0, 0.05) is 37.7 Å². The van der Waals surface area contributed by atoms with E-state index in [0.29, 0.717) is 6.04 Å². The fourth-order valence-electron chi connectivity index (χ4n) is 2.81. The van der Waals surface area contributed by atoms with Crippen LogP contribution in [0.3, 0.4) is 0 Å². The Labute approximate surface area is 125 Å². The molecule has 0 spiro atoms. The standard InChI is InChI=1S/C16H22N4O/c1-13-8-18-20(10-13)12-16-11-19(6-7-21-16)14(2)15-4-3-5-17-9-15/h3-5,8-10,14,16H,6-7,11-12H2,1-2H3/t14-,16-/m0/s1. The summed E-state index contributed by atoms with van der Waals surface area (Å²) in [6.07, 6.45) is 7.91. The van der Waals surface area contributed by atoms with E-state index in [1.165, 1.54) is 11.1 Å². The third kappa shape index (κ3) is 3.49. The highest BCUT2D eigenvalue weighted by Gasteiger charge is 2.25. The number of morpholine rings is 1. The van der Waals surface area contributed by atoms with E-state index in [4.69, 9.17) is 4.74 Å². The molecule has 112 valence electrons. The number of ether oxygens (including phenoxy) is 1. The smallest absolute Gasteiger partial charge is 0.0898 e. The maximum Gasteiger partial charge on any atom is 0.0898 e. The minimum atomic E-state index is 0.192. The van der Waals surface area contributed by atoms with Crippen molar-refractivity contribution in [1.29, 1.82) is 0 Å². The van der Waals surface area contributed by atoms with Crippen LogP contribution in [0.25, 0.3) is 0 Å². The molecule has 1 aliphatic heterocycles. The van der Waals surface area contributed by atoms with Crippen LogP contribution >= 0.6 is 0 Å². The van der Waals surface area contributed by atoms with E-state index in [1.54, 1.807) is 0 Å². The van der Waals surface area contributed by atoms with Crippen molar-refractivity contribution >= 4 is 0 Å². The summed E-state index contributed by atoms with van der Waals surface area (Å²) in [5.74, 6) is 0. The van der Waals surface area contributed by atoms with Gasteiger partial charge in [-0.15, -0.1) is 0 Å². The van der Waals surface area contributed by atoms with Crippen molar-refractivity contribution in [3.63, 3.8) is 0 Å². The lowest BCUT2D eigenvalue weighted by molar-refractivity contribution is -0.0497. The number of hydrogen-bond donors (Lipinski definition) is 0. The SMILES string of the molecule is Cc1cnn(C[C@@H]2CN([C@@H](C)c3cccnc3)CCO2)c1. The van der Waals surface area contributed by atoms with Gasteiger partial charge in [-0.1, -0.05) is 6.07 Å². The zero-order chi connectivity index (χ0) is 14.7. The number of rotatable bonds is 4. The van der Waals surface area contributed by atoms with Crippen molar-refractivity contribution in [1.82, 2.24) is 19.7 Å². The summed E-state index contributed by atoms with van der Waals surface area (Å²) in [5, 5.41) is 4.35. The van der Waals surface area contributed by atoms with Gasteiger partial charge >= 0.3 is 0 Å². The molecule has 0 N–H and O–H groups in total. The van der Waals surface area contributed by atoms with Crippen molar-refractivity contribution in [2.75, 3.05) is 19.7 Å². The first-order chi connectivity index (χ1) is 10.2. The Hall–Kier alpha value is -1.72. The largest absolute Gasteiger partial charge is 0.374 e. The lowest BCUT2D eigenvalue weighted by Gasteiger charge is -2.36. The molecule has 0 unspecified atom stereocenters. The number of pyridine rings is 1. The Morgan fingerprint density at radius 1 is 1.43 bits per heavy atom. The minimum Gasteiger partial charge on any atom is -0.374 e. The Kier molecular flexibility index (Phi) is 4.31. The molecule has 3 rings (SSSR count). The second-order valence-corrected chi connectivity index (χ2v) is 5.69. The molecular weight excluding hydrogens is 264 g/mol. The minimum absolute atomic E-state index is 0.192. The van der Waals surface area contributed by atoms with Crippen molar-refractivity contribution in [3.8, 4) is 0 Å². The van der Waals surface area contributed by atoms with Gasteiger partial charge in [0.05, 0.1) is 25.5 Å². The molecule has 21 heavy (non-hydrogen) atoms. The molecule has 3 heterocycles. The molecule has 0 amide bonds. The first-order valence-corrected chi connectivity index (χ1v) is 7.47. The average molecular weight is 286 g/mol. The van der Waals surface area contributed by atoms with Gasteiger partial charge in [0.1, 0.15) is 0 Å². The van der Waals surface area contributed by atoms with Crippen LogP contribution in [-0.2, 0) is 11.3 Å². The lowest BCUT2D eigenvalue weighted by atomic mass is 10.1. The van der Waals surface area contributed by atoms with Crippen molar-refractivity contribution < 1.29 is 4.74 Å². The maximum atomic E-state index is 5.89. The molecule has 0 bridgehead atoms. The van der Waals surface area contributed by atoms with E-state index in [1.807, 2.05) is 29.3 Å². The quantitative estimate of drug-likeness (QED) is 0.863. The van der Waals surface area contributed by atoms with E-state index in [2.05, 4.69) is 41.1 Å². The number of hydrogen-bond acceptors (Lipinski definition) is 4. The molecule has 5 nitrogen and oxygen atoms in total. The van der Waals surface area contributed by atoms with Crippen molar-refractivity contribution in [2.24, 2.45) is 0 Å². The third-order valence-corrected chi connectivity index (χ3v) is 4.04. The molecular formula is C16H22N4O. The highest BCUT2D eigenvalue weighted by atomic mass is 16.5. The van der Waals surface area contributed by atoms with Crippen LogP contribution < -0.4 is 0 Å². The summed E-state index contributed by atoms with van der Waals surface area (Å²) in [7, 11) is 0. The molecule has 2 aromatic rings. The van der Waals surface area contributed by atoms with Crippen LogP contribution in [0.2, 0.25) is 0 Å². The molecule has 0 radical (unpaired) electrons. The van der Waals surface area contributed by atoms with Gasteiger partial charge < -0.3 is 4.74 Å². The average Bonchev–Trinajstić information content (AvgIpc) is 2.93. The summed E-state index contributed by atoms with van der Waals surface area (Å²) >= 11 is 0. The van der Waals surface area contributed by atoms with Gasteiger partial charge in [-0.25, -0.2) is 0 Å². The Morgan fingerprint density at radius 2 is 2.33 bits per heavy atom. The Balaban J connectivity index is 1.63. The fraction of sp³-hybridized carbons (Fsp3) is 0.500. The topological polar surface area (TPSA) is 43.2 Å². The Morgan fingerprint density at radius 3 is 3.05 bits per heavy atom. The molecule has 2 aromatic heterocycles. The number of aromatic nitrogens is 3. The lowest BCUT2D eigenvalue weighted by Crippen LogP contribution is -2.45. The first kappa shape index (κ1) is 14.2. The maximum absolute atomic E-state index is 5.89. The molecule has 5 heteroatoms. The van der Waals surface area contributed by atoms with Crippen LogP contribution in [0.1, 0.15) is 24.1 Å². The summed E-state index contributed by atoms with van der Waals surface area (Å²) in [6, 6.07) is 4.50. The second-order valence-electron chi connectivity index (χ2n) is 5.69. The van der Waals surface area contributed by atoms with Crippen LogP contribution in [0.5, 0.6) is 0 Å². The second kappa shape index (κ2) is 6.37. The van der Waals surface area contributed by atoms with E-state index in [0.717, 1.165) is 26.2 Å². The monoisotopic (exact) mass is 286 g/mol. The van der Waals surface area contributed by atoms with Gasteiger partial charge in [-0.2, -0.15) is 5.10 Å². The van der Waals surface area contributed by atoms with Crippen molar-refractivity contribution in [3.05, 3.63) is 48.0 Å².